The summed E-state index contributed by atoms with van der Waals surface area (Å²) in [6.07, 6.45) is 4.00. The highest BCUT2D eigenvalue weighted by atomic mass is 32.2. The Morgan fingerprint density at radius 3 is 2.68 bits per heavy atom. The lowest BCUT2D eigenvalue weighted by atomic mass is 9.98. The molecule has 8 heteroatoms. The number of fused-ring (bicyclic) bond motifs is 1. The highest BCUT2D eigenvalue weighted by Gasteiger charge is 2.21. The van der Waals surface area contributed by atoms with Crippen molar-refractivity contribution < 1.29 is 22.1 Å². The Labute approximate surface area is 145 Å². The number of benzene rings is 1. The van der Waals surface area contributed by atoms with Gasteiger partial charge in [0.1, 0.15) is 5.82 Å². The third-order valence-corrected chi connectivity index (χ3v) is 6.02. The minimum Gasteiger partial charge on any atom is -0.338 e. The van der Waals surface area contributed by atoms with Gasteiger partial charge >= 0.3 is 0 Å². The molecule has 1 aromatic heterocycles. The third kappa shape index (κ3) is 4.25. The summed E-state index contributed by atoms with van der Waals surface area (Å²) < 4.78 is 42.4. The van der Waals surface area contributed by atoms with Crippen molar-refractivity contribution in [3.63, 3.8) is 0 Å². The molecule has 134 valence electrons. The Kier molecular flexibility index (Phi) is 5.17. The normalized spacial score (nSPS) is 14.1. The Morgan fingerprint density at radius 1 is 1.20 bits per heavy atom. The number of halogens is 1. The monoisotopic (exact) mass is 366 g/mol. The van der Waals surface area contributed by atoms with Gasteiger partial charge in [0.15, 0.2) is 9.84 Å². The van der Waals surface area contributed by atoms with E-state index in [1.807, 2.05) is 0 Å². The number of aryl methyl sites for hydroxylation is 1. The molecule has 0 saturated carbocycles. The van der Waals surface area contributed by atoms with Gasteiger partial charge in [-0.05, 0) is 56.4 Å². The number of carbonyl (C=O) groups excluding carboxylic acids is 1. The van der Waals surface area contributed by atoms with Crippen molar-refractivity contribution in [1.82, 2.24) is 5.16 Å². The van der Waals surface area contributed by atoms with Gasteiger partial charge in [-0.15, -0.1) is 0 Å². The maximum Gasteiger partial charge on any atom is 0.234 e. The van der Waals surface area contributed by atoms with Gasteiger partial charge in [-0.25, -0.2) is 12.8 Å². The Hall–Kier alpha value is -2.22. The van der Waals surface area contributed by atoms with Gasteiger partial charge in [0.05, 0.1) is 16.3 Å². The van der Waals surface area contributed by atoms with Gasteiger partial charge in [-0.2, -0.15) is 0 Å². The fourth-order valence-corrected chi connectivity index (χ4v) is 4.17. The molecule has 25 heavy (non-hydrogen) atoms. The van der Waals surface area contributed by atoms with Crippen LogP contribution in [0.25, 0.3) is 0 Å². The molecule has 6 nitrogen and oxygen atoms in total. The van der Waals surface area contributed by atoms with Crippen LogP contribution in [0.5, 0.6) is 0 Å². The number of hydrogen-bond donors (Lipinski definition) is 1. The second kappa shape index (κ2) is 7.35. The molecule has 0 spiro atoms. The highest BCUT2D eigenvalue weighted by Crippen LogP contribution is 2.27. The quantitative estimate of drug-likeness (QED) is 0.794. The predicted octanol–water partition coefficient (Wildman–Crippen LogP) is 2.89. The minimum absolute atomic E-state index is 0.0515. The van der Waals surface area contributed by atoms with Gasteiger partial charge in [-0.3, -0.25) is 10.1 Å². The molecule has 1 aliphatic rings. The molecule has 0 saturated heterocycles. The number of amides is 1. The maximum absolute atomic E-state index is 12.9. The lowest BCUT2D eigenvalue weighted by Crippen LogP contribution is -2.15. The number of nitrogens with zero attached hydrogens (tertiary/aromatic N) is 1. The van der Waals surface area contributed by atoms with Crippen LogP contribution in [0.4, 0.5) is 10.3 Å². The van der Waals surface area contributed by atoms with E-state index < -0.39 is 15.7 Å². The SMILES string of the molecule is O=C(CCCS(=O)(=O)c1ccc(F)cc1)Nc1onc2c1CCCC2. The van der Waals surface area contributed by atoms with Gasteiger partial charge in [0.25, 0.3) is 0 Å². The summed E-state index contributed by atoms with van der Waals surface area (Å²) in [6, 6.07) is 4.66. The van der Waals surface area contributed by atoms with E-state index in [1.54, 1.807) is 0 Å². The Balaban J connectivity index is 1.52. The number of anilines is 1. The van der Waals surface area contributed by atoms with Gasteiger partial charge in [0, 0.05) is 12.0 Å². The van der Waals surface area contributed by atoms with Crippen molar-refractivity contribution in [2.45, 2.75) is 43.4 Å². The molecule has 1 N–H and O–H groups in total. The number of carbonyl (C=O) groups is 1. The van der Waals surface area contributed by atoms with Gasteiger partial charge in [0.2, 0.25) is 11.8 Å². The first kappa shape index (κ1) is 17.6. The molecular formula is C17H19FN2O4S. The van der Waals surface area contributed by atoms with Crippen LogP contribution in [0.2, 0.25) is 0 Å². The zero-order valence-electron chi connectivity index (χ0n) is 13.6. The maximum atomic E-state index is 12.9. The second-order valence-corrected chi connectivity index (χ2v) is 8.18. The lowest BCUT2D eigenvalue weighted by molar-refractivity contribution is -0.116. The molecule has 1 aromatic carbocycles. The Morgan fingerprint density at radius 2 is 1.92 bits per heavy atom. The highest BCUT2D eigenvalue weighted by molar-refractivity contribution is 7.91. The molecule has 0 bridgehead atoms. The van der Waals surface area contributed by atoms with E-state index in [0.717, 1.165) is 49.1 Å². The van der Waals surface area contributed by atoms with E-state index in [2.05, 4.69) is 10.5 Å². The van der Waals surface area contributed by atoms with Crippen LogP contribution in [0.1, 0.15) is 36.9 Å². The van der Waals surface area contributed by atoms with E-state index >= 15 is 0 Å². The van der Waals surface area contributed by atoms with Crippen molar-refractivity contribution >= 4 is 21.6 Å². The van der Waals surface area contributed by atoms with Crippen LogP contribution < -0.4 is 5.32 Å². The topological polar surface area (TPSA) is 89.3 Å². The van der Waals surface area contributed by atoms with E-state index in [0.29, 0.717) is 5.88 Å². The number of aromatic nitrogens is 1. The standard InChI is InChI=1S/C17H19FN2O4S/c18-12-7-9-13(10-8-12)25(22,23)11-3-6-16(21)19-17-14-4-1-2-5-15(14)20-24-17/h7-10H,1-6,11H2,(H,19,21). The zero-order valence-corrected chi connectivity index (χ0v) is 14.4. The summed E-state index contributed by atoms with van der Waals surface area (Å²) in [5, 5.41) is 6.63. The van der Waals surface area contributed by atoms with Crippen LogP contribution in [-0.4, -0.2) is 25.2 Å². The Bertz CT molecular complexity index is 859. The average molecular weight is 366 g/mol. The van der Waals surface area contributed by atoms with Gasteiger partial charge < -0.3 is 4.52 Å². The fourth-order valence-electron chi connectivity index (χ4n) is 2.86. The summed E-state index contributed by atoms with van der Waals surface area (Å²) in [7, 11) is -3.53. The number of hydrogen-bond acceptors (Lipinski definition) is 5. The largest absolute Gasteiger partial charge is 0.338 e. The minimum atomic E-state index is -3.53. The van der Waals surface area contributed by atoms with E-state index in [-0.39, 0.29) is 29.4 Å². The van der Waals surface area contributed by atoms with E-state index in [4.69, 9.17) is 4.52 Å². The first-order valence-corrected chi connectivity index (χ1v) is 9.86. The molecule has 1 heterocycles. The first-order chi connectivity index (χ1) is 12.0. The van der Waals surface area contributed by atoms with Crippen LogP contribution in [0.15, 0.2) is 33.7 Å². The predicted molar refractivity (Wildman–Crippen MR) is 89.5 cm³/mol. The summed E-state index contributed by atoms with van der Waals surface area (Å²) in [6.45, 7) is 0. The number of rotatable bonds is 6. The lowest BCUT2D eigenvalue weighted by Gasteiger charge is -2.09. The van der Waals surface area contributed by atoms with Crippen molar-refractivity contribution in [2.24, 2.45) is 0 Å². The summed E-state index contributed by atoms with van der Waals surface area (Å²) >= 11 is 0. The van der Waals surface area contributed by atoms with Gasteiger partial charge in [-0.1, -0.05) is 5.16 Å². The molecule has 0 atom stereocenters. The van der Waals surface area contributed by atoms with Crippen molar-refractivity contribution in [1.29, 1.82) is 0 Å². The molecule has 0 unspecified atom stereocenters. The molecule has 0 aliphatic heterocycles. The fraction of sp³-hybridized carbons (Fsp3) is 0.412. The molecule has 0 radical (unpaired) electrons. The molecule has 1 amide bonds. The molecule has 1 aliphatic carbocycles. The van der Waals surface area contributed by atoms with Crippen molar-refractivity contribution in [3.8, 4) is 0 Å². The van der Waals surface area contributed by atoms with Crippen LogP contribution in [0, 0.1) is 5.82 Å². The first-order valence-electron chi connectivity index (χ1n) is 8.21. The van der Waals surface area contributed by atoms with E-state index in [9.17, 15) is 17.6 Å². The third-order valence-electron chi connectivity index (χ3n) is 4.20. The van der Waals surface area contributed by atoms with Crippen LogP contribution in [-0.2, 0) is 27.5 Å². The summed E-state index contributed by atoms with van der Waals surface area (Å²) in [5.41, 5.74) is 1.83. The summed E-state index contributed by atoms with van der Waals surface area (Å²) in [4.78, 5) is 12.1. The summed E-state index contributed by atoms with van der Waals surface area (Å²) in [5.74, 6) is -0.603. The average Bonchev–Trinajstić information content (AvgIpc) is 2.98. The van der Waals surface area contributed by atoms with Crippen molar-refractivity contribution in [3.05, 3.63) is 41.3 Å². The second-order valence-electron chi connectivity index (χ2n) is 6.07. The number of sulfone groups is 1. The number of nitrogens with one attached hydrogen (secondary N) is 1. The smallest absolute Gasteiger partial charge is 0.234 e. The van der Waals surface area contributed by atoms with Crippen LogP contribution in [0.3, 0.4) is 0 Å². The molecular weight excluding hydrogens is 347 g/mol. The zero-order chi connectivity index (χ0) is 17.9. The molecule has 3 rings (SSSR count). The van der Waals surface area contributed by atoms with Crippen molar-refractivity contribution in [2.75, 3.05) is 11.1 Å². The van der Waals surface area contributed by atoms with Crippen LogP contribution >= 0.6 is 0 Å². The molecule has 0 fully saturated rings. The molecule has 2 aromatic rings. The van der Waals surface area contributed by atoms with E-state index in [1.165, 1.54) is 12.1 Å².